The van der Waals surface area contributed by atoms with Crippen LogP contribution in [0.15, 0.2) is 18.2 Å². The van der Waals surface area contributed by atoms with E-state index in [4.69, 9.17) is 23.2 Å². The third-order valence-electron chi connectivity index (χ3n) is 2.66. The predicted octanol–water partition coefficient (Wildman–Crippen LogP) is 4.46. The molecule has 0 aliphatic rings. The maximum atomic E-state index is 6.15. The zero-order valence-electron chi connectivity index (χ0n) is 9.47. The molecule has 1 aromatic carbocycles. The van der Waals surface area contributed by atoms with E-state index in [-0.39, 0.29) is 0 Å². The average Bonchev–Trinajstić information content (AvgIpc) is 2.52. The highest BCUT2D eigenvalue weighted by Crippen LogP contribution is 2.26. The second kappa shape index (κ2) is 5.16. The fraction of sp³-hybridized carbons (Fsp3) is 0.250. The van der Waals surface area contributed by atoms with Crippen molar-refractivity contribution in [2.24, 2.45) is 0 Å². The summed E-state index contributed by atoms with van der Waals surface area (Å²) in [6.45, 7) is 4.65. The molecule has 0 radical (unpaired) electrons. The van der Waals surface area contributed by atoms with Gasteiger partial charge in [-0.1, -0.05) is 29.3 Å². The molecule has 0 saturated carbocycles. The van der Waals surface area contributed by atoms with Crippen LogP contribution in [0.25, 0.3) is 0 Å². The minimum absolute atomic E-state index is 0.605. The third-order valence-corrected chi connectivity index (χ3v) is 4.93. The van der Waals surface area contributed by atoms with Crippen molar-refractivity contribution >= 4 is 45.8 Å². The second-order valence-electron chi connectivity index (χ2n) is 3.84. The number of aromatic nitrogens is 2. The highest BCUT2D eigenvalue weighted by Gasteiger charge is 2.12. The first-order chi connectivity index (χ1) is 8.00. The Hall–Kier alpha value is -0.260. The minimum Gasteiger partial charge on any atom is -0.264 e. The molecule has 0 atom stereocenters. The Kier molecular flexibility index (Phi) is 4.00. The van der Waals surface area contributed by atoms with Crippen LogP contribution < -0.4 is 0 Å². The first-order valence-corrected chi connectivity index (χ1v) is 6.96. The zero-order chi connectivity index (χ0) is 12.6. The van der Waals surface area contributed by atoms with Crippen LogP contribution in [0.4, 0.5) is 0 Å². The van der Waals surface area contributed by atoms with E-state index in [2.05, 4.69) is 27.7 Å². The summed E-state index contributed by atoms with van der Waals surface area (Å²) in [5, 5.41) is 5.84. The number of halogens is 3. The quantitative estimate of drug-likeness (QED) is 0.703. The molecule has 2 aromatic rings. The maximum Gasteiger partial charge on any atom is 0.0730 e. The second-order valence-corrected chi connectivity index (χ2v) is 5.74. The first kappa shape index (κ1) is 13.2. The third kappa shape index (κ3) is 2.61. The summed E-state index contributed by atoms with van der Waals surface area (Å²) in [6, 6.07) is 5.54. The molecule has 17 heavy (non-hydrogen) atoms. The van der Waals surface area contributed by atoms with E-state index < -0.39 is 0 Å². The molecule has 1 heterocycles. The fourth-order valence-electron chi connectivity index (χ4n) is 1.66. The Balaban J connectivity index is 2.41. The molecule has 0 amide bonds. The summed E-state index contributed by atoms with van der Waals surface area (Å²) in [6.07, 6.45) is 0. The Labute approximate surface area is 124 Å². The van der Waals surface area contributed by atoms with Crippen LogP contribution in [0.2, 0.25) is 10.0 Å². The van der Waals surface area contributed by atoms with Crippen molar-refractivity contribution in [3.63, 3.8) is 0 Å². The molecule has 0 aliphatic heterocycles. The Morgan fingerprint density at radius 1 is 1.24 bits per heavy atom. The molecule has 0 bridgehead atoms. The van der Waals surface area contributed by atoms with Crippen LogP contribution in [0.5, 0.6) is 0 Å². The summed E-state index contributed by atoms with van der Waals surface area (Å²) in [7, 11) is 0. The van der Waals surface area contributed by atoms with Crippen LogP contribution in [-0.2, 0) is 6.54 Å². The zero-order valence-corrected chi connectivity index (χ0v) is 13.1. The van der Waals surface area contributed by atoms with Gasteiger partial charge in [-0.15, -0.1) is 0 Å². The van der Waals surface area contributed by atoms with Crippen molar-refractivity contribution in [1.29, 1.82) is 0 Å². The summed E-state index contributed by atoms with van der Waals surface area (Å²) in [4.78, 5) is 0. The van der Waals surface area contributed by atoms with Gasteiger partial charge in [0.05, 0.1) is 15.8 Å². The van der Waals surface area contributed by atoms with E-state index >= 15 is 0 Å². The summed E-state index contributed by atoms with van der Waals surface area (Å²) >= 11 is 14.6. The normalized spacial score (nSPS) is 10.9. The summed E-state index contributed by atoms with van der Waals surface area (Å²) in [5.41, 5.74) is 3.09. The van der Waals surface area contributed by atoms with Crippen molar-refractivity contribution in [3.8, 4) is 0 Å². The lowest BCUT2D eigenvalue weighted by molar-refractivity contribution is 0.659. The van der Waals surface area contributed by atoms with Crippen molar-refractivity contribution < 1.29 is 0 Å². The van der Waals surface area contributed by atoms with E-state index in [1.54, 1.807) is 0 Å². The summed E-state index contributed by atoms with van der Waals surface area (Å²) < 4.78 is 3.12. The van der Waals surface area contributed by atoms with Gasteiger partial charge in [0.15, 0.2) is 0 Å². The van der Waals surface area contributed by atoms with Crippen LogP contribution >= 0.6 is 45.8 Å². The van der Waals surface area contributed by atoms with Gasteiger partial charge >= 0.3 is 0 Å². The monoisotopic (exact) mass is 380 g/mol. The molecule has 2 nitrogen and oxygen atoms in total. The van der Waals surface area contributed by atoms with Crippen LogP contribution in [0.3, 0.4) is 0 Å². The predicted molar refractivity (Wildman–Crippen MR) is 80.0 cm³/mol. The van der Waals surface area contributed by atoms with Gasteiger partial charge in [0, 0.05) is 21.3 Å². The Bertz CT molecular complexity index is 544. The number of hydrogen-bond donors (Lipinski definition) is 0. The van der Waals surface area contributed by atoms with Gasteiger partial charge in [0.1, 0.15) is 0 Å². The summed E-state index contributed by atoms with van der Waals surface area (Å²) in [5.74, 6) is 0. The SMILES string of the molecule is Cc1nn(Cc2c(Cl)cccc2Cl)c(C)c1I. The van der Waals surface area contributed by atoms with E-state index in [1.807, 2.05) is 36.7 Å². The fourth-order valence-corrected chi connectivity index (χ4v) is 2.57. The van der Waals surface area contributed by atoms with Crippen molar-refractivity contribution in [2.45, 2.75) is 20.4 Å². The van der Waals surface area contributed by atoms with Gasteiger partial charge in [-0.2, -0.15) is 5.10 Å². The lowest BCUT2D eigenvalue weighted by Crippen LogP contribution is -2.05. The molecule has 1 aromatic heterocycles. The van der Waals surface area contributed by atoms with E-state index in [9.17, 15) is 0 Å². The van der Waals surface area contributed by atoms with E-state index in [1.165, 1.54) is 3.57 Å². The van der Waals surface area contributed by atoms with Crippen LogP contribution in [-0.4, -0.2) is 9.78 Å². The van der Waals surface area contributed by atoms with Gasteiger partial charge in [-0.3, -0.25) is 4.68 Å². The molecule has 2 rings (SSSR count). The molecule has 0 aliphatic carbocycles. The Morgan fingerprint density at radius 3 is 2.29 bits per heavy atom. The van der Waals surface area contributed by atoms with Gasteiger partial charge in [0.2, 0.25) is 0 Å². The molecular weight excluding hydrogens is 370 g/mol. The largest absolute Gasteiger partial charge is 0.264 e. The highest BCUT2D eigenvalue weighted by atomic mass is 127. The Morgan fingerprint density at radius 2 is 1.82 bits per heavy atom. The van der Waals surface area contributed by atoms with Gasteiger partial charge < -0.3 is 0 Å². The smallest absolute Gasteiger partial charge is 0.0730 e. The van der Waals surface area contributed by atoms with Crippen LogP contribution in [0.1, 0.15) is 17.0 Å². The van der Waals surface area contributed by atoms with Gasteiger partial charge in [-0.05, 0) is 48.6 Å². The average molecular weight is 381 g/mol. The molecule has 90 valence electrons. The van der Waals surface area contributed by atoms with Crippen molar-refractivity contribution in [1.82, 2.24) is 9.78 Å². The highest BCUT2D eigenvalue weighted by molar-refractivity contribution is 14.1. The lowest BCUT2D eigenvalue weighted by Gasteiger charge is -2.08. The molecule has 0 unspecified atom stereocenters. The first-order valence-electron chi connectivity index (χ1n) is 5.13. The minimum atomic E-state index is 0.605. The molecule has 0 fully saturated rings. The van der Waals surface area contributed by atoms with Crippen molar-refractivity contribution in [2.75, 3.05) is 0 Å². The number of nitrogens with zero attached hydrogens (tertiary/aromatic N) is 2. The van der Waals surface area contributed by atoms with E-state index in [0.29, 0.717) is 16.6 Å². The number of benzene rings is 1. The number of rotatable bonds is 2. The topological polar surface area (TPSA) is 17.8 Å². The molecule has 0 N–H and O–H groups in total. The van der Waals surface area contributed by atoms with Crippen molar-refractivity contribution in [3.05, 3.63) is 48.8 Å². The number of hydrogen-bond acceptors (Lipinski definition) is 1. The molecule has 0 saturated heterocycles. The lowest BCUT2D eigenvalue weighted by atomic mass is 10.2. The standard InChI is InChI=1S/C12H11Cl2IN2/c1-7-12(15)8(2)17(16-7)6-9-10(13)4-3-5-11(9)14/h3-5H,6H2,1-2H3. The number of aryl methyl sites for hydroxylation is 1. The van der Waals surface area contributed by atoms with Gasteiger partial charge in [0.25, 0.3) is 0 Å². The molecule has 5 heteroatoms. The molecule has 0 spiro atoms. The van der Waals surface area contributed by atoms with Crippen LogP contribution in [0, 0.1) is 17.4 Å². The van der Waals surface area contributed by atoms with E-state index in [0.717, 1.165) is 17.0 Å². The maximum absolute atomic E-state index is 6.15. The molecular formula is C12H11Cl2IN2. The van der Waals surface area contributed by atoms with Gasteiger partial charge in [-0.25, -0.2) is 0 Å².